The van der Waals surface area contributed by atoms with Crippen molar-refractivity contribution >= 4 is 11.9 Å². The number of hydrogen-bond donors (Lipinski definition) is 0. The van der Waals surface area contributed by atoms with Crippen molar-refractivity contribution in [3.05, 3.63) is 41.7 Å². The van der Waals surface area contributed by atoms with E-state index in [0.717, 1.165) is 37.0 Å². The molecule has 0 saturated heterocycles. The third-order valence-corrected chi connectivity index (χ3v) is 5.88. The third kappa shape index (κ3) is 2.25. The largest absolute Gasteiger partial charge is 0.294 e. The molecular weight excluding hydrogens is 263 g/mol. The highest BCUT2D eigenvalue weighted by molar-refractivity contribution is 5.98. The standard InChI is InChI=1S/C19H21FO/c20-17-4-2-1-3-16(17)5-6-18(21)19-10-13-7-14(11-19)9-15(8-13)12-19/h1-6,13-15H,7-12H2/b6-5+. The maximum atomic E-state index is 13.6. The van der Waals surface area contributed by atoms with Crippen LogP contribution < -0.4 is 0 Å². The highest BCUT2D eigenvalue weighted by Crippen LogP contribution is 2.60. The number of halogens is 1. The molecule has 110 valence electrons. The summed E-state index contributed by atoms with van der Waals surface area (Å²) in [5, 5.41) is 0. The summed E-state index contributed by atoms with van der Waals surface area (Å²) >= 11 is 0. The summed E-state index contributed by atoms with van der Waals surface area (Å²) in [6.07, 6.45) is 10.5. The molecule has 0 atom stereocenters. The van der Waals surface area contributed by atoms with E-state index in [1.54, 1.807) is 30.4 Å². The number of benzene rings is 1. The highest BCUT2D eigenvalue weighted by atomic mass is 19.1. The van der Waals surface area contributed by atoms with Crippen LogP contribution in [-0.2, 0) is 4.79 Å². The quantitative estimate of drug-likeness (QED) is 0.740. The van der Waals surface area contributed by atoms with E-state index in [9.17, 15) is 9.18 Å². The molecule has 0 aliphatic heterocycles. The Morgan fingerprint density at radius 2 is 1.62 bits per heavy atom. The first-order chi connectivity index (χ1) is 10.1. The molecule has 4 saturated carbocycles. The van der Waals surface area contributed by atoms with Gasteiger partial charge in [-0.15, -0.1) is 0 Å². The molecular formula is C19H21FO. The smallest absolute Gasteiger partial charge is 0.161 e. The lowest BCUT2D eigenvalue weighted by Gasteiger charge is -2.55. The molecule has 2 heteroatoms. The topological polar surface area (TPSA) is 17.1 Å². The summed E-state index contributed by atoms with van der Waals surface area (Å²) < 4.78 is 13.6. The predicted molar refractivity (Wildman–Crippen MR) is 81.0 cm³/mol. The molecule has 4 fully saturated rings. The van der Waals surface area contributed by atoms with Crippen molar-refractivity contribution in [3.63, 3.8) is 0 Å². The third-order valence-electron chi connectivity index (χ3n) is 5.88. The van der Waals surface area contributed by atoms with Crippen LogP contribution >= 0.6 is 0 Å². The maximum absolute atomic E-state index is 13.6. The van der Waals surface area contributed by atoms with Crippen molar-refractivity contribution in [1.82, 2.24) is 0 Å². The first-order valence-corrected chi connectivity index (χ1v) is 8.12. The zero-order valence-electron chi connectivity index (χ0n) is 12.2. The molecule has 0 radical (unpaired) electrons. The van der Waals surface area contributed by atoms with E-state index >= 15 is 0 Å². The Morgan fingerprint density at radius 1 is 1.05 bits per heavy atom. The van der Waals surface area contributed by atoms with Crippen LogP contribution in [0.5, 0.6) is 0 Å². The van der Waals surface area contributed by atoms with Crippen LogP contribution in [-0.4, -0.2) is 5.78 Å². The zero-order chi connectivity index (χ0) is 14.4. The van der Waals surface area contributed by atoms with Crippen molar-refractivity contribution in [1.29, 1.82) is 0 Å². The van der Waals surface area contributed by atoms with E-state index in [1.165, 1.54) is 25.3 Å². The van der Waals surface area contributed by atoms with Crippen LogP contribution in [0.4, 0.5) is 4.39 Å². The molecule has 4 aliphatic rings. The summed E-state index contributed by atoms with van der Waals surface area (Å²) in [5.74, 6) is 2.28. The van der Waals surface area contributed by atoms with Crippen LogP contribution in [0.2, 0.25) is 0 Å². The van der Waals surface area contributed by atoms with E-state index in [-0.39, 0.29) is 17.0 Å². The van der Waals surface area contributed by atoms with Gasteiger partial charge in [-0.3, -0.25) is 4.79 Å². The van der Waals surface area contributed by atoms with E-state index in [4.69, 9.17) is 0 Å². The average Bonchev–Trinajstić information content (AvgIpc) is 2.44. The number of carbonyl (C=O) groups is 1. The van der Waals surface area contributed by atoms with Gasteiger partial charge in [0.25, 0.3) is 0 Å². The molecule has 0 unspecified atom stereocenters. The molecule has 0 N–H and O–H groups in total. The van der Waals surface area contributed by atoms with Gasteiger partial charge in [-0.2, -0.15) is 0 Å². The number of rotatable bonds is 3. The van der Waals surface area contributed by atoms with E-state index < -0.39 is 0 Å². The molecule has 1 aromatic carbocycles. The van der Waals surface area contributed by atoms with E-state index in [2.05, 4.69) is 0 Å². The van der Waals surface area contributed by atoms with Gasteiger partial charge in [-0.1, -0.05) is 18.2 Å². The molecule has 1 nitrogen and oxygen atoms in total. The number of hydrogen-bond acceptors (Lipinski definition) is 1. The summed E-state index contributed by atoms with van der Waals surface area (Å²) in [5.41, 5.74) is 0.395. The van der Waals surface area contributed by atoms with Gasteiger partial charge in [0.15, 0.2) is 5.78 Å². The molecule has 4 bridgehead atoms. The minimum Gasteiger partial charge on any atom is -0.294 e. The minimum atomic E-state index is -0.257. The number of ketones is 1. The Morgan fingerprint density at radius 3 is 2.19 bits per heavy atom. The second-order valence-corrected chi connectivity index (χ2v) is 7.42. The van der Waals surface area contributed by atoms with Crippen LogP contribution in [0.15, 0.2) is 30.3 Å². The molecule has 4 aliphatic carbocycles. The normalized spacial score (nSPS) is 37.3. The lowest BCUT2D eigenvalue weighted by Crippen LogP contribution is -2.49. The molecule has 5 rings (SSSR count). The second-order valence-electron chi connectivity index (χ2n) is 7.42. The van der Waals surface area contributed by atoms with Gasteiger partial charge in [0.2, 0.25) is 0 Å². The highest BCUT2D eigenvalue weighted by Gasteiger charge is 2.53. The van der Waals surface area contributed by atoms with E-state index in [1.807, 2.05) is 0 Å². The maximum Gasteiger partial charge on any atom is 0.161 e. The van der Waals surface area contributed by atoms with Crippen LogP contribution in [0.25, 0.3) is 6.08 Å². The van der Waals surface area contributed by atoms with Crippen molar-refractivity contribution in [2.75, 3.05) is 0 Å². The first kappa shape index (κ1) is 13.2. The molecule has 1 aromatic rings. The fourth-order valence-corrected chi connectivity index (χ4v) is 5.36. The predicted octanol–water partition coefficient (Wildman–Crippen LogP) is 4.62. The number of allylic oxidation sites excluding steroid dienone is 1. The SMILES string of the molecule is O=C(/C=C/c1ccccc1F)C12CC3CC(CC(C3)C1)C2. The Labute approximate surface area is 125 Å². The molecule has 21 heavy (non-hydrogen) atoms. The molecule has 0 aromatic heterocycles. The van der Waals surface area contributed by atoms with Gasteiger partial charge in [-0.25, -0.2) is 4.39 Å². The van der Waals surface area contributed by atoms with Gasteiger partial charge in [0.1, 0.15) is 5.82 Å². The molecule has 0 amide bonds. The van der Waals surface area contributed by atoms with Gasteiger partial charge in [-0.05, 0) is 74.5 Å². The van der Waals surface area contributed by atoms with Gasteiger partial charge in [0.05, 0.1) is 0 Å². The average molecular weight is 284 g/mol. The van der Waals surface area contributed by atoms with Gasteiger partial charge < -0.3 is 0 Å². The fraction of sp³-hybridized carbons (Fsp3) is 0.526. The van der Waals surface area contributed by atoms with Crippen molar-refractivity contribution in [2.24, 2.45) is 23.2 Å². The van der Waals surface area contributed by atoms with Crippen LogP contribution in [0.1, 0.15) is 44.1 Å². The van der Waals surface area contributed by atoms with Crippen molar-refractivity contribution in [2.45, 2.75) is 38.5 Å². The number of carbonyl (C=O) groups excluding carboxylic acids is 1. The van der Waals surface area contributed by atoms with Gasteiger partial charge >= 0.3 is 0 Å². The van der Waals surface area contributed by atoms with Crippen LogP contribution in [0.3, 0.4) is 0 Å². The zero-order valence-corrected chi connectivity index (χ0v) is 12.2. The lowest BCUT2D eigenvalue weighted by molar-refractivity contribution is -0.138. The van der Waals surface area contributed by atoms with Crippen molar-refractivity contribution < 1.29 is 9.18 Å². The van der Waals surface area contributed by atoms with Crippen LogP contribution in [0, 0.1) is 29.0 Å². The van der Waals surface area contributed by atoms with E-state index in [0.29, 0.717) is 5.56 Å². The van der Waals surface area contributed by atoms with Crippen molar-refractivity contribution in [3.8, 4) is 0 Å². The molecule has 0 heterocycles. The Kier molecular flexibility index (Phi) is 3.02. The summed E-state index contributed by atoms with van der Waals surface area (Å²) in [7, 11) is 0. The Bertz CT molecular complexity index is 566. The molecule has 0 spiro atoms. The minimum absolute atomic E-state index is 0.115. The Hall–Kier alpha value is -1.44. The Balaban J connectivity index is 1.56. The summed E-state index contributed by atoms with van der Waals surface area (Å²) in [6, 6.07) is 6.64. The monoisotopic (exact) mass is 284 g/mol. The van der Waals surface area contributed by atoms with Gasteiger partial charge in [0, 0.05) is 11.0 Å². The second kappa shape index (κ2) is 4.79. The summed E-state index contributed by atoms with van der Waals surface area (Å²) in [6.45, 7) is 0. The fourth-order valence-electron chi connectivity index (χ4n) is 5.36. The lowest BCUT2D eigenvalue weighted by atomic mass is 9.48. The first-order valence-electron chi connectivity index (χ1n) is 8.12. The summed E-state index contributed by atoms with van der Waals surface area (Å²) in [4.78, 5) is 12.8.